The van der Waals surface area contributed by atoms with Crippen molar-refractivity contribution in [1.29, 1.82) is 0 Å². The lowest BCUT2D eigenvalue weighted by atomic mass is 10.0. The van der Waals surface area contributed by atoms with Gasteiger partial charge in [0.05, 0.1) is 11.4 Å². The molecule has 0 bridgehead atoms. The number of nitrogens with zero attached hydrogens (tertiary/aromatic N) is 4. The van der Waals surface area contributed by atoms with Gasteiger partial charge >= 0.3 is 0 Å². The van der Waals surface area contributed by atoms with Gasteiger partial charge in [-0.3, -0.25) is 4.79 Å². The summed E-state index contributed by atoms with van der Waals surface area (Å²) < 4.78 is 1.88. The van der Waals surface area contributed by atoms with Crippen LogP contribution in [-0.4, -0.2) is 32.6 Å². The molecule has 0 aliphatic rings. The number of carbonyl (C=O) groups is 1. The zero-order valence-corrected chi connectivity index (χ0v) is 20.0. The van der Waals surface area contributed by atoms with Crippen LogP contribution in [0.15, 0.2) is 54.6 Å². The van der Waals surface area contributed by atoms with E-state index in [1.54, 1.807) is 4.90 Å². The van der Waals surface area contributed by atoms with Crippen LogP contribution in [0.5, 0.6) is 0 Å². The molecule has 2 heterocycles. The Kier molecular flexibility index (Phi) is 6.24. The number of hydrogen-bond acceptors (Lipinski definition) is 4. The number of aromatic nitrogens is 3. The Morgan fingerprint density at radius 3 is 2.31 bits per heavy atom. The molecule has 0 saturated heterocycles. The van der Waals surface area contributed by atoms with Crippen molar-refractivity contribution in [3.8, 4) is 5.13 Å². The molecule has 4 rings (SSSR count). The van der Waals surface area contributed by atoms with Crippen LogP contribution in [0.1, 0.15) is 49.0 Å². The van der Waals surface area contributed by atoms with E-state index in [0.29, 0.717) is 11.4 Å². The Labute approximate surface area is 193 Å². The standard InChI is InChI=1S/C26H28N4OS/c1-17-11-13-21(14-12-17)15-23-18(2)28-30(20(23)4)26-27-19(3)24(32-26)25(31)29(5)16-22-9-7-6-8-10-22/h6-14H,15-16H2,1-5H3. The van der Waals surface area contributed by atoms with Crippen molar-refractivity contribution in [2.45, 2.75) is 40.7 Å². The molecule has 2 aromatic carbocycles. The lowest BCUT2D eigenvalue weighted by Gasteiger charge is -2.16. The molecule has 0 aliphatic heterocycles. The predicted molar refractivity (Wildman–Crippen MR) is 130 cm³/mol. The number of benzene rings is 2. The third-order valence-electron chi connectivity index (χ3n) is 5.71. The molecule has 4 aromatic rings. The average Bonchev–Trinajstić information content (AvgIpc) is 3.29. The van der Waals surface area contributed by atoms with Crippen LogP contribution in [0.25, 0.3) is 5.13 Å². The zero-order valence-electron chi connectivity index (χ0n) is 19.2. The third-order valence-corrected chi connectivity index (χ3v) is 6.83. The van der Waals surface area contributed by atoms with E-state index in [2.05, 4.69) is 38.1 Å². The first kappa shape index (κ1) is 22.0. The molecule has 5 nitrogen and oxygen atoms in total. The molecule has 0 radical (unpaired) electrons. The smallest absolute Gasteiger partial charge is 0.265 e. The molecule has 6 heteroatoms. The van der Waals surface area contributed by atoms with E-state index in [1.807, 2.05) is 55.9 Å². The first-order chi connectivity index (χ1) is 15.3. The van der Waals surface area contributed by atoms with Crippen molar-refractivity contribution in [3.63, 3.8) is 0 Å². The minimum absolute atomic E-state index is 0.0171. The highest BCUT2D eigenvalue weighted by Crippen LogP contribution is 2.27. The average molecular weight is 445 g/mol. The summed E-state index contributed by atoms with van der Waals surface area (Å²) in [5.41, 5.74) is 7.61. The Morgan fingerprint density at radius 2 is 1.62 bits per heavy atom. The summed E-state index contributed by atoms with van der Waals surface area (Å²) in [5, 5.41) is 5.49. The fourth-order valence-electron chi connectivity index (χ4n) is 3.80. The van der Waals surface area contributed by atoms with Gasteiger partial charge in [0.2, 0.25) is 5.13 Å². The number of aryl methyl sites for hydroxylation is 3. The Hall–Kier alpha value is -3.25. The second-order valence-electron chi connectivity index (χ2n) is 8.28. The molecule has 0 N–H and O–H groups in total. The van der Waals surface area contributed by atoms with Crippen molar-refractivity contribution in [3.05, 3.63) is 98.8 Å². The molecule has 0 spiro atoms. The Morgan fingerprint density at radius 1 is 0.938 bits per heavy atom. The topological polar surface area (TPSA) is 51.0 Å². The Balaban J connectivity index is 1.58. The summed E-state index contributed by atoms with van der Waals surface area (Å²) in [5.74, 6) is -0.0171. The highest BCUT2D eigenvalue weighted by molar-refractivity contribution is 7.16. The summed E-state index contributed by atoms with van der Waals surface area (Å²) in [7, 11) is 1.83. The van der Waals surface area contributed by atoms with E-state index in [4.69, 9.17) is 10.1 Å². The van der Waals surface area contributed by atoms with Crippen LogP contribution in [0.3, 0.4) is 0 Å². The summed E-state index contributed by atoms with van der Waals surface area (Å²) in [6, 6.07) is 18.6. The van der Waals surface area contributed by atoms with Gasteiger partial charge in [-0.1, -0.05) is 71.5 Å². The van der Waals surface area contributed by atoms with Crippen molar-refractivity contribution in [2.75, 3.05) is 7.05 Å². The van der Waals surface area contributed by atoms with E-state index in [1.165, 1.54) is 28.0 Å². The Bertz CT molecular complexity index is 1240. The highest BCUT2D eigenvalue weighted by atomic mass is 32.1. The zero-order chi connectivity index (χ0) is 22.8. The summed E-state index contributed by atoms with van der Waals surface area (Å²) >= 11 is 1.40. The first-order valence-electron chi connectivity index (χ1n) is 10.7. The summed E-state index contributed by atoms with van der Waals surface area (Å²) in [4.78, 5) is 20.2. The number of rotatable bonds is 6. The lowest BCUT2D eigenvalue weighted by molar-refractivity contribution is 0.0789. The molecule has 1 amide bonds. The molecule has 0 saturated carbocycles. The van der Waals surface area contributed by atoms with Gasteiger partial charge in [-0.15, -0.1) is 0 Å². The fourth-order valence-corrected chi connectivity index (χ4v) is 4.87. The normalized spacial score (nSPS) is 11.0. The van der Waals surface area contributed by atoms with Crippen LogP contribution in [0.4, 0.5) is 0 Å². The van der Waals surface area contributed by atoms with E-state index in [0.717, 1.165) is 34.2 Å². The minimum atomic E-state index is -0.0171. The second kappa shape index (κ2) is 9.09. The predicted octanol–water partition coefficient (Wildman–Crippen LogP) is 5.43. The maximum atomic E-state index is 13.1. The fraction of sp³-hybridized carbons (Fsp3) is 0.269. The van der Waals surface area contributed by atoms with E-state index < -0.39 is 0 Å². The molecular formula is C26H28N4OS. The number of hydrogen-bond donors (Lipinski definition) is 0. The molecule has 164 valence electrons. The molecule has 0 aliphatic carbocycles. The lowest BCUT2D eigenvalue weighted by Crippen LogP contribution is -2.26. The van der Waals surface area contributed by atoms with Crippen LogP contribution in [-0.2, 0) is 13.0 Å². The minimum Gasteiger partial charge on any atom is -0.337 e. The van der Waals surface area contributed by atoms with Crippen molar-refractivity contribution in [1.82, 2.24) is 19.7 Å². The number of amides is 1. The highest BCUT2D eigenvalue weighted by Gasteiger charge is 2.22. The van der Waals surface area contributed by atoms with Crippen molar-refractivity contribution in [2.24, 2.45) is 0 Å². The molecule has 0 atom stereocenters. The first-order valence-corrected chi connectivity index (χ1v) is 11.5. The van der Waals surface area contributed by atoms with Crippen molar-refractivity contribution >= 4 is 17.2 Å². The van der Waals surface area contributed by atoms with Gasteiger partial charge < -0.3 is 4.90 Å². The summed E-state index contributed by atoms with van der Waals surface area (Å²) in [6.45, 7) is 8.66. The molecule has 32 heavy (non-hydrogen) atoms. The van der Waals surface area contributed by atoms with Gasteiger partial charge in [0.15, 0.2) is 0 Å². The molecule has 0 fully saturated rings. The van der Waals surface area contributed by atoms with Crippen LogP contribution < -0.4 is 0 Å². The monoisotopic (exact) mass is 444 g/mol. The van der Waals surface area contributed by atoms with Gasteiger partial charge in [0, 0.05) is 31.3 Å². The van der Waals surface area contributed by atoms with Gasteiger partial charge in [0.25, 0.3) is 5.91 Å². The van der Waals surface area contributed by atoms with E-state index in [9.17, 15) is 4.79 Å². The number of thiazole rings is 1. The largest absolute Gasteiger partial charge is 0.337 e. The number of carbonyl (C=O) groups excluding carboxylic acids is 1. The second-order valence-corrected chi connectivity index (χ2v) is 9.26. The van der Waals surface area contributed by atoms with E-state index in [-0.39, 0.29) is 5.91 Å². The maximum Gasteiger partial charge on any atom is 0.265 e. The third kappa shape index (κ3) is 4.50. The van der Waals surface area contributed by atoms with Gasteiger partial charge in [-0.2, -0.15) is 5.10 Å². The SMILES string of the molecule is Cc1ccc(Cc2c(C)nn(-c3nc(C)c(C(=O)N(C)Cc4ccccc4)s3)c2C)cc1. The molecule has 2 aromatic heterocycles. The quantitative estimate of drug-likeness (QED) is 0.399. The van der Waals surface area contributed by atoms with Crippen LogP contribution >= 0.6 is 11.3 Å². The van der Waals surface area contributed by atoms with Crippen LogP contribution in [0, 0.1) is 27.7 Å². The molecule has 0 unspecified atom stereocenters. The van der Waals surface area contributed by atoms with Gasteiger partial charge in [0.1, 0.15) is 4.88 Å². The molecular weight excluding hydrogens is 416 g/mol. The van der Waals surface area contributed by atoms with Crippen LogP contribution in [0.2, 0.25) is 0 Å². The maximum absolute atomic E-state index is 13.1. The summed E-state index contributed by atoms with van der Waals surface area (Å²) in [6.07, 6.45) is 0.827. The van der Waals surface area contributed by atoms with Gasteiger partial charge in [-0.25, -0.2) is 9.67 Å². The van der Waals surface area contributed by atoms with Crippen molar-refractivity contribution < 1.29 is 4.79 Å². The van der Waals surface area contributed by atoms with E-state index >= 15 is 0 Å². The van der Waals surface area contributed by atoms with Gasteiger partial charge in [-0.05, 0) is 38.8 Å².